The summed E-state index contributed by atoms with van der Waals surface area (Å²) in [5, 5.41) is 5.16. The normalized spacial score (nSPS) is 14.3. The quantitative estimate of drug-likeness (QED) is 0.164. The molecule has 0 N–H and O–H groups in total. The van der Waals surface area contributed by atoms with Crippen molar-refractivity contribution in [1.29, 1.82) is 0 Å². The molecule has 2 nitrogen and oxygen atoms in total. The Labute approximate surface area is 362 Å². The maximum absolute atomic E-state index is 2.60. The van der Waals surface area contributed by atoms with Gasteiger partial charge in [-0.2, -0.15) is 0 Å². The molecule has 0 saturated heterocycles. The van der Waals surface area contributed by atoms with E-state index in [-0.39, 0.29) is 5.41 Å². The standard InChI is InChI=1S/C60H44N2/c1-4-14-40(15-5-1)42-22-28-46(29-23-42)61-56-21-11-9-19-49(56)52-36-44(27-33-57(52)61)45-26-32-50-53-38-55-51(48-18-8-10-20-54(48)60(55)34-12-3-13-35-60)39-59(53)62(58(50)37-45)47-30-24-43(25-31-47)41-16-6-2-7-17-41/h1-2,4-11,14-33,36-39H,3,12-13,34-35H2. The summed E-state index contributed by atoms with van der Waals surface area (Å²) in [5.41, 5.74) is 20.6. The minimum absolute atomic E-state index is 0.0998. The molecule has 1 spiro atoms. The van der Waals surface area contributed by atoms with E-state index in [1.807, 2.05) is 0 Å². The van der Waals surface area contributed by atoms with Crippen LogP contribution in [0, 0.1) is 0 Å². The van der Waals surface area contributed by atoms with E-state index in [4.69, 9.17) is 0 Å². The third-order valence-electron chi connectivity index (χ3n) is 14.3. The van der Waals surface area contributed by atoms with Crippen molar-refractivity contribution in [2.75, 3.05) is 0 Å². The van der Waals surface area contributed by atoms with Crippen molar-refractivity contribution in [3.05, 3.63) is 217 Å². The molecular formula is C60H44N2. The smallest absolute Gasteiger partial charge is 0.0547 e. The van der Waals surface area contributed by atoms with Gasteiger partial charge in [-0.1, -0.05) is 165 Å². The maximum Gasteiger partial charge on any atom is 0.0547 e. The molecule has 2 aliphatic carbocycles. The van der Waals surface area contributed by atoms with E-state index in [0.29, 0.717) is 0 Å². The molecule has 294 valence electrons. The highest BCUT2D eigenvalue weighted by atomic mass is 15.0. The first-order chi connectivity index (χ1) is 30.7. The minimum atomic E-state index is 0.0998. The molecule has 0 bridgehead atoms. The number of hydrogen-bond acceptors (Lipinski definition) is 0. The zero-order valence-electron chi connectivity index (χ0n) is 34.6. The second-order valence-electron chi connectivity index (χ2n) is 17.6. The molecule has 11 aromatic rings. The Kier molecular flexibility index (Phi) is 7.87. The van der Waals surface area contributed by atoms with Crippen LogP contribution in [0.15, 0.2) is 206 Å². The van der Waals surface area contributed by atoms with Crippen molar-refractivity contribution >= 4 is 43.6 Å². The Balaban J connectivity index is 0.995. The molecule has 2 heterocycles. The molecular weight excluding hydrogens is 749 g/mol. The molecule has 0 aliphatic heterocycles. The predicted molar refractivity (Wildman–Crippen MR) is 261 cm³/mol. The number of para-hydroxylation sites is 1. The van der Waals surface area contributed by atoms with Crippen LogP contribution < -0.4 is 0 Å². The Bertz CT molecular complexity index is 3510. The lowest BCUT2D eigenvalue weighted by Crippen LogP contribution is -2.27. The Morgan fingerprint density at radius 1 is 0.290 bits per heavy atom. The van der Waals surface area contributed by atoms with Crippen LogP contribution in [-0.4, -0.2) is 9.13 Å². The fourth-order valence-corrected chi connectivity index (χ4v) is 11.4. The molecule has 0 amide bonds. The summed E-state index contributed by atoms with van der Waals surface area (Å²) < 4.78 is 4.95. The Morgan fingerprint density at radius 2 is 0.790 bits per heavy atom. The van der Waals surface area contributed by atoms with Gasteiger partial charge >= 0.3 is 0 Å². The summed E-state index contributed by atoms with van der Waals surface area (Å²) in [4.78, 5) is 0. The predicted octanol–water partition coefficient (Wildman–Crippen LogP) is 16.1. The summed E-state index contributed by atoms with van der Waals surface area (Å²) in [5.74, 6) is 0. The van der Waals surface area contributed by atoms with Crippen LogP contribution in [0.4, 0.5) is 0 Å². The first-order valence-corrected chi connectivity index (χ1v) is 22.3. The minimum Gasteiger partial charge on any atom is -0.309 e. The molecule has 2 aromatic heterocycles. The van der Waals surface area contributed by atoms with E-state index in [1.165, 1.54) is 137 Å². The van der Waals surface area contributed by atoms with Gasteiger partial charge in [-0.3, -0.25) is 0 Å². The third kappa shape index (κ3) is 5.29. The number of fused-ring (bicyclic) bond motifs is 11. The monoisotopic (exact) mass is 792 g/mol. The summed E-state index contributed by atoms with van der Waals surface area (Å²) in [6.07, 6.45) is 6.35. The average Bonchev–Trinajstić information content (AvgIpc) is 3.94. The number of aromatic nitrogens is 2. The highest BCUT2D eigenvalue weighted by Gasteiger charge is 2.44. The van der Waals surface area contributed by atoms with Crippen molar-refractivity contribution in [3.8, 4) is 55.9 Å². The fraction of sp³-hybridized carbons (Fsp3) is 0.100. The van der Waals surface area contributed by atoms with E-state index in [9.17, 15) is 0 Å². The van der Waals surface area contributed by atoms with Crippen LogP contribution >= 0.6 is 0 Å². The van der Waals surface area contributed by atoms with E-state index in [2.05, 4.69) is 215 Å². The molecule has 0 radical (unpaired) electrons. The molecule has 62 heavy (non-hydrogen) atoms. The zero-order chi connectivity index (χ0) is 40.8. The fourth-order valence-electron chi connectivity index (χ4n) is 11.4. The summed E-state index contributed by atoms with van der Waals surface area (Å²) in [6.45, 7) is 0. The molecule has 1 saturated carbocycles. The summed E-state index contributed by atoms with van der Waals surface area (Å²) in [7, 11) is 0. The third-order valence-corrected chi connectivity index (χ3v) is 14.3. The second-order valence-corrected chi connectivity index (χ2v) is 17.6. The SMILES string of the molecule is c1ccc(-c2ccc(-n3c4ccccc4c4cc(-c5ccc6c7cc8c(cc7n(-c7ccc(-c9ccccc9)cc7)c6c5)-c5ccccc5C85CCCCC5)ccc43)cc2)cc1. The first kappa shape index (κ1) is 35.3. The second kappa shape index (κ2) is 13.8. The van der Waals surface area contributed by atoms with Gasteiger partial charge in [0, 0.05) is 38.3 Å². The topological polar surface area (TPSA) is 9.86 Å². The van der Waals surface area contributed by atoms with Gasteiger partial charge in [0.15, 0.2) is 0 Å². The van der Waals surface area contributed by atoms with E-state index in [0.717, 1.165) is 5.69 Å². The van der Waals surface area contributed by atoms with Gasteiger partial charge in [0.25, 0.3) is 0 Å². The molecule has 2 heteroatoms. The Morgan fingerprint density at radius 3 is 1.50 bits per heavy atom. The molecule has 0 atom stereocenters. The lowest BCUT2D eigenvalue weighted by atomic mass is 9.68. The molecule has 13 rings (SSSR count). The van der Waals surface area contributed by atoms with Gasteiger partial charge in [0.1, 0.15) is 0 Å². The van der Waals surface area contributed by atoms with Crippen molar-refractivity contribution in [2.45, 2.75) is 37.5 Å². The van der Waals surface area contributed by atoms with Gasteiger partial charge in [-0.05, 0) is 129 Å². The van der Waals surface area contributed by atoms with Gasteiger partial charge in [-0.15, -0.1) is 0 Å². The van der Waals surface area contributed by atoms with Crippen LogP contribution in [0.1, 0.15) is 43.2 Å². The highest BCUT2D eigenvalue weighted by Crippen LogP contribution is 2.57. The number of benzene rings is 9. The molecule has 1 fully saturated rings. The van der Waals surface area contributed by atoms with Crippen LogP contribution in [0.5, 0.6) is 0 Å². The van der Waals surface area contributed by atoms with Gasteiger partial charge in [0.2, 0.25) is 0 Å². The highest BCUT2D eigenvalue weighted by molar-refractivity contribution is 6.13. The lowest BCUT2D eigenvalue weighted by Gasteiger charge is -2.36. The molecule has 2 aliphatic rings. The molecule has 0 unspecified atom stereocenters. The van der Waals surface area contributed by atoms with E-state index < -0.39 is 0 Å². The largest absolute Gasteiger partial charge is 0.309 e. The van der Waals surface area contributed by atoms with Crippen molar-refractivity contribution in [1.82, 2.24) is 9.13 Å². The summed E-state index contributed by atoms with van der Waals surface area (Å²) >= 11 is 0. The van der Waals surface area contributed by atoms with Crippen molar-refractivity contribution < 1.29 is 0 Å². The van der Waals surface area contributed by atoms with Crippen molar-refractivity contribution in [3.63, 3.8) is 0 Å². The van der Waals surface area contributed by atoms with Gasteiger partial charge in [0.05, 0.1) is 22.1 Å². The molecule has 9 aromatic carbocycles. The summed E-state index contributed by atoms with van der Waals surface area (Å²) in [6, 6.07) is 77.0. The van der Waals surface area contributed by atoms with Crippen molar-refractivity contribution in [2.24, 2.45) is 0 Å². The maximum atomic E-state index is 2.60. The average molecular weight is 793 g/mol. The van der Waals surface area contributed by atoms with Gasteiger partial charge in [-0.25, -0.2) is 0 Å². The first-order valence-electron chi connectivity index (χ1n) is 22.3. The van der Waals surface area contributed by atoms with Crippen LogP contribution in [0.3, 0.4) is 0 Å². The Hall–Kier alpha value is -7.42. The lowest BCUT2D eigenvalue weighted by molar-refractivity contribution is 0.353. The van der Waals surface area contributed by atoms with Crippen LogP contribution in [0.2, 0.25) is 0 Å². The van der Waals surface area contributed by atoms with E-state index >= 15 is 0 Å². The van der Waals surface area contributed by atoms with Crippen LogP contribution in [0.25, 0.3) is 99.5 Å². The number of nitrogens with zero attached hydrogens (tertiary/aromatic N) is 2. The van der Waals surface area contributed by atoms with E-state index in [1.54, 1.807) is 0 Å². The van der Waals surface area contributed by atoms with Gasteiger partial charge < -0.3 is 9.13 Å². The number of rotatable bonds is 5. The zero-order valence-corrected chi connectivity index (χ0v) is 34.6. The van der Waals surface area contributed by atoms with Crippen LogP contribution in [-0.2, 0) is 5.41 Å². The number of hydrogen-bond donors (Lipinski definition) is 0.